The van der Waals surface area contributed by atoms with Gasteiger partial charge in [0.15, 0.2) is 24.0 Å². The zero-order valence-electron chi connectivity index (χ0n) is 11.2. The zero-order valence-corrected chi connectivity index (χ0v) is 11.2. The van der Waals surface area contributed by atoms with Crippen LogP contribution < -0.4 is 4.74 Å². The van der Waals surface area contributed by atoms with E-state index in [1.54, 1.807) is 6.07 Å². The Hall–Kier alpha value is -2.23. The first-order chi connectivity index (χ1) is 9.49. The maximum absolute atomic E-state index is 13.4. The van der Waals surface area contributed by atoms with Gasteiger partial charge in [-0.25, -0.2) is 4.39 Å². The Bertz CT molecular complexity index is 651. The van der Waals surface area contributed by atoms with E-state index >= 15 is 0 Å². The van der Waals surface area contributed by atoms with Gasteiger partial charge in [-0.15, -0.1) is 0 Å². The average Bonchev–Trinajstić information content (AvgIpc) is 2.40. The lowest BCUT2D eigenvalue weighted by atomic mass is 10.0. The van der Waals surface area contributed by atoms with Gasteiger partial charge in [-0.2, -0.15) is 4.39 Å². The van der Waals surface area contributed by atoms with Gasteiger partial charge in [0.2, 0.25) is 5.82 Å². The quantitative estimate of drug-likeness (QED) is 0.793. The van der Waals surface area contributed by atoms with E-state index < -0.39 is 11.6 Å². The number of ether oxygens (including phenoxy) is 1. The highest BCUT2D eigenvalue weighted by atomic mass is 19.2. The smallest absolute Gasteiger partial charge is 0.200 e. The number of benzene rings is 2. The van der Waals surface area contributed by atoms with Gasteiger partial charge >= 0.3 is 0 Å². The van der Waals surface area contributed by atoms with Crippen molar-refractivity contribution in [2.45, 2.75) is 13.8 Å². The molecule has 0 N–H and O–H groups in total. The van der Waals surface area contributed by atoms with Gasteiger partial charge in [-0.3, -0.25) is 4.79 Å². The first-order valence-corrected chi connectivity index (χ1v) is 6.16. The molecule has 0 radical (unpaired) electrons. The minimum absolute atomic E-state index is 0.261. The van der Waals surface area contributed by atoms with Crippen LogP contribution >= 0.6 is 0 Å². The van der Waals surface area contributed by atoms with Crippen LogP contribution in [0.15, 0.2) is 36.4 Å². The van der Waals surface area contributed by atoms with E-state index in [2.05, 4.69) is 0 Å². The summed E-state index contributed by atoms with van der Waals surface area (Å²) in [5, 5.41) is 0. The third-order valence-electron chi connectivity index (χ3n) is 2.96. The van der Waals surface area contributed by atoms with Crippen LogP contribution in [0.4, 0.5) is 8.78 Å². The minimum atomic E-state index is -1.08. The predicted molar refractivity (Wildman–Crippen MR) is 72.1 cm³/mol. The van der Waals surface area contributed by atoms with E-state index in [1.165, 1.54) is 12.1 Å². The molecule has 0 unspecified atom stereocenters. The molecule has 0 spiro atoms. The van der Waals surface area contributed by atoms with Crippen molar-refractivity contribution in [2.24, 2.45) is 0 Å². The molecule has 2 aromatic carbocycles. The summed E-state index contributed by atoms with van der Waals surface area (Å²) in [6.45, 7) is 3.42. The predicted octanol–water partition coefficient (Wildman–Crippen LogP) is 3.84. The maximum atomic E-state index is 13.4. The molecule has 0 atom stereocenters. The maximum Gasteiger partial charge on any atom is 0.200 e. The lowest BCUT2D eigenvalue weighted by Crippen LogP contribution is -2.13. The largest absolute Gasteiger partial charge is 0.482 e. The number of ketones is 1. The number of carbonyl (C=O) groups excluding carboxylic acids is 1. The molecule has 0 saturated heterocycles. The van der Waals surface area contributed by atoms with Crippen LogP contribution in [0, 0.1) is 25.5 Å². The Balaban J connectivity index is 2.11. The molecule has 104 valence electrons. The van der Waals surface area contributed by atoms with Crippen molar-refractivity contribution < 1.29 is 18.3 Å². The van der Waals surface area contributed by atoms with Crippen LogP contribution in [0.5, 0.6) is 5.75 Å². The molecule has 0 fully saturated rings. The molecule has 0 saturated carbocycles. The molecule has 0 aliphatic rings. The second-order valence-corrected chi connectivity index (χ2v) is 4.58. The molecule has 0 heterocycles. The van der Waals surface area contributed by atoms with Crippen molar-refractivity contribution in [3.05, 3.63) is 64.7 Å². The van der Waals surface area contributed by atoms with E-state index in [-0.39, 0.29) is 18.1 Å². The lowest BCUT2D eigenvalue weighted by molar-refractivity contribution is 0.0917. The number of hydrogen-bond donors (Lipinski definition) is 0. The second kappa shape index (κ2) is 5.82. The molecule has 0 amide bonds. The SMILES string of the molecule is Cc1ccc(C(=O)COc2cccc(F)c2F)c(C)c1. The van der Waals surface area contributed by atoms with Crippen molar-refractivity contribution in [1.82, 2.24) is 0 Å². The molecule has 2 rings (SSSR count). The van der Waals surface area contributed by atoms with Crippen LogP contribution in [-0.2, 0) is 0 Å². The summed E-state index contributed by atoms with van der Waals surface area (Å²) in [7, 11) is 0. The Morgan fingerprint density at radius 2 is 1.90 bits per heavy atom. The fourth-order valence-corrected chi connectivity index (χ4v) is 1.94. The monoisotopic (exact) mass is 276 g/mol. The molecule has 2 aromatic rings. The first kappa shape index (κ1) is 14.2. The molecule has 0 aliphatic heterocycles. The zero-order chi connectivity index (χ0) is 14.7. The van der Waals surface area contributed by atoms with Crippen LogP contribution in [0.25, 0.3) is 0 Å². The molecule has 20 heavy (non-hydrogen) atoms. The standard InChI is InChI=1S/C16H14F2O2/c1-10-6-7-12(11(2)8-10)14(19)9-20-15-5-3-4-13(17)16(15)18/h3-8H,9H2,1-2H3. The van der Waals surface area contributed by atoms with Crippen LogP contribution in [0.3, 0.4) is 0 Å². The molecular weight excluding hydrogens is 262 g/mol. The van der Waals surface area contributed by atoms with Gasteiger partial charge in [0.25, 0.3) is 0 Å². The number of carbonyl (C=O) groups is 1. The summed E-state index contributed by atoms with van der Waals surface area (Å²) < 4.78 is 31.4. The van der Waals surface area contributed by atoms with Crippen molar-refractivity contribution >= 4 is 5.78 Å². The van der Waals surface area contributed by atoms with Crippen molar-refractivity contribution in [1.29, 1.82) is 0 Å². The average molecular weight is 276 g/mol. The summed E-state index contributed by atoms with van der Waals surface area (Å²) in [4.78, 5) is 12.0. The molecule has 4 heteroatoms. The van der Waals surface area contributed by atoms with E-state index in [4.69, 9.17) is 4.74 Å². The topological polar surface area (TPSA) is 26.3 Å². The van der Waals surface area contributed by atoms with Crippen LogP contribution in [0.1, 0.15) is 21.5 Å². The molecule has 0 bridgehead atoms. The van der Waals surface area contributed by atoms with Gasteiger partial charge in [0, 0.05) is 5.56 Å². The Labute approximate surface area is 116 Å². The van der Waals surface area contributed by atoms with Gasteiger partial charge in [0.1, 0.15) is 0 Å². The third-order valence-corrected chi connectivity index (χ3v) is 2.96. The Morgan fingerprint density at radius 1 is 1.15 bits per heavy atom. The number of halogens is 2. The number of aryl methyl sites for hydroxylation is 2. The molecule has 0 aromatic heterocycles. The Kier molecular flexibility index (Phi) is 4.13. The van der Waals surface area contributed by atoms with Gasteiger partial charge in [-0.1, -0.05) is 29.8 Å². The fraction of sp³-hybridized carbons (Fsp3) is 0.188. The fourth-order valence-electron chi connectivity index (χ4n) is 1.94. The third kappa shape index (κ3) is 3.02. The Morgan fingerprint density at radius 3 is 2.60 bits per heavy atom. The lowest BCUT2D eigenvalue weighted by Gasteiger charge is -2.09. The summed E-state index contributed by atoms with van der Waals surface area (Å²) in [6.07, 6.45) is 0. The number of rotatable bonds is 4. The summed E-state index contributed by atoms with van der Waals surface area (Å²) in [5.74, 6) is -2.61. The van der Waals surface area contributed by atoms with Crippen LogP contribution in [-0.4, -0.2) is 12.4 Å². The number of hydrogen-bond acceptors (Lipinski definition) is 2. The minimum Gasteiger partial charge on any atom is -0.482 e. The highest BCUT2D eigenvalue weighted by molar-refractivity contribution is 5.98. The van der Waals surface area contributed by atoms with E-state index in [9.17, 15) is 13.6 Å². The summed E-state index contributed by atoms with van der Waals surface area (Å²) in [6, 6.07) is 9.02. The van der Waals surface area contributed by atoms with Crippen molar-refractivity contribution in [3.8, 4) is 5.75 Å². The van der Waals surface area contributed by atoms with Crippen molar-refractivity contribution in [2.75, 3.05) is 6.61 Å². The van der Waals surface area contributed by atoms with E-state index in [0.717, 1.165) is 17.2 Å². The van der Waals surface area contributed by atoms with E-state index in [1.807, 2.05) is 26.0 Å². The van der Waals surface area contributed by atoms with Gasteiger partial charge in [-0.05, 0) is 31.5 Å². The second-order valence-electron chi connectivity index (χ2n) is 4.58. The van der Waals surface area contributed by atoms with Gasteiger partial charge in [0.05, 0.1) is 0 Å². The highest BCUT2D eigenvalue weighted by Crippen LogP contribution is 2.19. The van der Waals surface area contributed by atoms with Crippen molar-refractivity contribution in [3.63, 3.8) is 0 Å². The van der Waals surface area contributed by atoms with Crippen LogP contribution in [0.2, 0.25) is 0 Å². The molecule has 2 nitrogen and oxygen atoms in total. The van der Waals surface area contributed by atoms with E-state index in [0.29, 0.717) is 5.56 Å². The molecular formula is C16H14F2O2. The summed E-state index contributed by atoms with van der Waals surface area (Å²) in [5.41, 5.74) is 2.40. The normalized spacial score (nSPS) is 10.4. The number of Topliss-reactive ketones (excluding diaryl/α,β-unsaturated/α-hetero) is 1. The molecule has 0 aliphatic carbocycles. The highest BCUT2D eigenvalue weighted by Gasteiger charge is 2.13. The first-order valence-electron chi connectivity index (χ1n) is 6.16. The van der Waals surface area contributed by atoms with Gasteiger partial charge < -0.3 is 4.74 Å². The summed E-state index contributed by atoms with van der Waals surface area (Å²) >= 11 is 0.